The normalized spacial score (nSPS) is 20.4. The minimum Gasteiger partial charge on any atom is -0.497 e. The highest BCUT2D eigenvalue weighted by molar-refractivity contribution is 5.88. The molecule has 1 aliphatic rings. The van der Waals surface area contributed by atoms with Crippen molar-refractivity contribution < 1.29 is 19.4 Å². The van der Waals surface area contributed by atoms with E-state index in [-0.39, 0.29) is 12.0 Å². The van der Waals surface area contributed by atoms with E-state index < -0.39 is 12.1 Å². The van der Waals surface area contributed by atoms with Gasteiger partial charge in [0.2, 0.25) is 0 Å². The first-order valence-corrected chi connectivity index (χ1v) is 7.99. The van der Waals surface area contributed by atoms with Crippen LogP contribution in [-0.2, 0) is 9.53 Å². The Balaban J connectivity index is 1.85. The van der Waals surface area contributed by atoms with E-state index in [2.05, 4.69) is 0 Å². The van der Waals surface area contributed by atoms with E-state index in [1.807, 2.05) is 59.5 Å². The summed E-state index contributed by atoms with van der Waals surface area (Å²) < 4.78 is 10.3. The molecule has 1 fully saturated rings. The fourth-order valence-electron chi connectivity index (χ4n) is 2.99. The Hall–Kier alpha value is -2.53. The number of carbonyl (C=O) groups excluding carboxylic acids is 1. The highest BCUT2D eigenvalue weighted by Gasteiger charge is 2.57. The summed E-state index contributed by atoms with van der Waals surface area (Å²) in [5.41, 5.74) is 1.64. The molecule has 5 heteroatoms. The Morgan fingerprint density at radius 1 is 1.17 bits per heavy atom. The van der Waals surface area contributed by atoms with Crippen molar-refractivity contribution >= 4 is 11.7 Å². The lowest BCUT2D eigenvalue weighted by atomic mass is 10.0. The predicted molar refractivity (Wildman–Crippen MR) is 91.1 cm³/mol. The molecule has 3 rings (SSSR count). The van der Waals surface area contributed by atoms with Gasteiger partial charge in [0, 0.05) is 5.69 Å². The average Bonchev–Trinajstić information content (AvgIpc) is 3.38. The molecule has 2 aromatic carbocycles. The number of benzene rings is 2. The van der Waals surface area contributed by atoms with Gasteiger partial charge in [-0.1, -0.05) is 30.3 Å². The molecule has 2 aromatic rings. The lowest BCUT2D eigenvalue weighted by molar-refractivity contribution is -0.142. The Bertz CT molecular complexity index is 686. The summed E-state index contributed by atoms with van der Waals surface area (Å²) >= 11 is 0. The fraction of sp³-hybridized carbons (Fsp3) is 0.316. The van der Waals surface area contributed by atoms with Crippen LogP contribution in [0.25, 0.3) is 0 Å². The molecular weight excluding hydrogens is 306 g/mol. The summed E-state index contributed by atoms with van der Waals surface area (Å²) in [4.78, 5) is 14.1. The molecule has 1 heterocycles. The molecular formula is C19H21NO4. The van der Waals surface area contributed by atoms with Gasteiger partial charge in [0.25, 0.3) is 0 Å². The van der Waals surface area contributed by atoms with E-state index in [4.69, 9.17) is 9.47 Å². The van der Waals surface area contributed by atoms with E-state index in [0.29, 0.717) is 6.61 Å². The van der Waals surface area contributed by atoms with Crippen LogP contribution in [0.1, 0.15) is 18.6 Å². The number of rotatable bonds is 6. The highest BCUT2D eigenvalue weighted by Crippen LogP contribution is 2.43. The topological polar surface area (TPSA) is 58.8 Å². The molecule has 0 aliphatic carbocycles. The summed E-state index contributed by atoms with van der Waals surface area (Å²) in [7, 11) is 1.61. The van der Waals surface area contributed by atoms with Crippen LogP contribution >= 0.6 is 0 Å². The van der Waals surface area contributed by atoms with E-state index >= 15 is 0 Å². The van der Waals surface area contributed by atoms with Gasteiger partial charge >= 0.3 is 5.97 Å². The number of aliphatic hydroxyl groups is 1. The van der Waals surface area contributed by atoms with Crippen molar-refractivity contribution in [1.82, 2.24) is 0 Å². The summed E-state index contributed by atoms with van der Waals surface area (Å²) in [5.74, 6) is 0.432. The second-order valence-electron chi connectivity index (χ2n) is 5.65. The van der Waals surface area contributed by atoms with Crippen LogP contribution < -0.4 is 9.64 Å². The Kier molecular flexibility index (Phi) is 4.71. The molecule has 0 aromatic heterocycles. The van der Waals surface area contributed by atoms with Crippen molar-refractivity contribution in [2.75, 3.05) is 18.6 Å². The Morgan fingerprint density at radius 3 is 2.42 bits per heavy atom. The smallest absolute Gasteiger partial charge is 0.331 e. The summed E-state index contributed by atoms with van der Waals surface area (Å²) in [6.07, 6.45) is -0.761. The summed E-state index contributed by atoms with van der Waals surface area (Å²) in [6.45, 7) is 2.10. The van der Waals surface area contributed by atoms with E-state index in [1.54, 1.807) is 14.0 Å². The van der Waals surface area contributed by atoms with Crippen molar-refractivity contribution in [3.05, 3.63) is 60.2 Å². The molecule has 126 valence electrons. The monoisotopic (exact) mass is 327 g/mol. The molecule has 3 atom stereocenters. The minimum absolute atomic E-state index is 0.312. The largest absolute Gasteiger partial charge is 0.497 e. The standard InChI is InChI=1S/C19H21NO4/c1-3-24-19(22)17-16(18(21)13-7-5-4-6-8-13)20(17)14-9-11-15(23-2)12-10-14/h4-12,16-18,21H,3H2,1-2H3/t16-,17+,18+,20?/m0/s1. The lowest BCUT2D eigenvalue weighted by Crippen LogP contribution is -2.17. The SMILES string of the molecule is CCOC(=O)[C@H]1[C@@H]([C@H](O)c2ccccc2)N1c1ccc(OC)cc1. The van der Waals surface area contributed by atoms with Gasteiger partial charge in [0.1, 0.15) is 11.9 Å². The maximum Gasteiger partial charge on any atom is 0.331 e. The van der Waals surface area contributed by atoms with Gasteiger partial charge in [-0.15, -0.1) is 0 Å². The molecule has 1 aliphatic heterocycles. The van der Waals surface area contributed by atoms with Gasteiger partial charge in [0.05, 0.1) is 19.8 Å². The molecule has 1 N–H and O–H groups in total. The van der Waals surface area contributed by atoms with Crippen molar-refractivity contribution in [2.24, 2.45) is 0 Å². The molecule has 0 bridgehead atoms. The number of hydrogen-bond donors (Lipinski definition) is 1. The quantitative estimate of drug-likeness (QED) is 0.653. The third-order valence-corrected chi connectivity index (χ3v) is 4.22. The third-order valence-electron chi connectivity index (χ3n) is 4.22. The van der Waals surface area contributed by atoms with Crippen LogP contribution in [0.4, 0.5) is 5.69 Å². The van der Waals surface area contributed by atoms with Gasteiger partial charge < -0.3 is 19.5 Å². The lowest BCUT2D eigenvalue weighted by Gasteiger charge is -2.12. The predicted octanol–water partition coefficient (Wildman–Crippen LogP) is 2.55. The van der Waals surface area contributed by atoms with Gasteiger partial charge in [-0.25, -0.2) is 4.79 Å². The zero-order valence-corrected chi connectivity index (χ0v) is 13.8. The van der Waals surface area contributed by atoms with Gasteiger partial charge in [-0.2, -0.15) is 0 Å². The molecule has 0 spiro atoms. The zero-order valence-electron chi connectivity index (χ0n) is 13.8. The van der Waals surface area contributed by atoms with Crippen molar-refractivity contribution in [2.45, 2.75) is 25.1 Å². The number of nitrogens with zero attached hydrogens (tertiary/aromatic N) is 1. The zero-order chi connectivity index (χ0) is 17.1. The van der Waals surface area contributed by atoms with E-state index in [9.17, 15) is 9.90 Å². The highest BCUT2D eigenvalue weighted by atomic mass is 16.5. The van der Waals surface area contributed by atoms with E-state index in [1.165, 1.54) is 0 Å². The van der Waals surface area contributed by atoms with E-state index in [0.717, 1.165) is 17.0 Å². The molecule has 24 heavy (non-hydrogen) atoms. The average molecular weight is 327 g/mol. The van der Waals surface area contributed by atoms with Crippen molar-refractivity contribution in [3.8, 4) is 5.75 Å². The van der Waals surface area contributed by atoms with Gasteiger partial charge in [0.15, 0.2) is 6.04 Å². The molecule has 0 amide bonds. The summed E-state index contributed by atoms with van der Waals surface area (Å²) in [6, 6.07) is 16.0. The van der Waals surface area contributed by atoms with Crippen LogP contribution in [0.5, 0.6) is 5.75 Å². The number of esters is 1. The van der Waals surface area contributed by atoms with Crippen LogP contribution in [0.15, 0.2) is 54.6 Å². The van der Waals surface area contributed by atoms with Crippen LogP contribution in [0.3, 0.4) is 0 Å². The first kappa shape index (κ1) is 16.3. The second kappa shape index (κ2) is 6.93. The third kappa shape index (κ3) is 3.08. The maximum atomic E-state index is 12.3. The van der Waals surface area contributed by atoms with Crippen molar-refractivity contribution in [3.63, 3.8) is 0 Å². The molecule has 5 nitrogen and oxygen atoms in total. The first-order valence-electron chi connectivity index (χ1n) is 7.99. The maximum absolute atomic E-state index is 12.3. The number of aliphatic hydroxyl groups excluding tert-OH is 1. The van der Waals surface area contributed by atoms with Crippen LogP contribution in [0, 0.1) is 0 Å². The molecule has 0 radical (unpaired) electrons. The number of carbonyl (C=O) groups is 1. The number of ether oxygens (including phenoxy) is 2. The second-order valence-corrected chi connectivity index (χ2v) is 5.65. The van der Waals surface area contributed by atoms with Crippen LogP contribution in [0.2, 0.25) is 0 Å². The Labute approximate surface area is 141 Å². The number of methoxy groups -OCH3 is 1. The fourth-order valence-corrected chi connectivity index (χ4v) is 2.99. The first-order chi connectivity index (χ1) is 11.7. The summed E-state index contributed by atoms with van der Waals surface area (Å²) in [5, 5.41) is 10.7. The molecule has 0 saturated carbocycles. The Morgan fingerprint density at radius 2 is 1.83 bits per heavy atom. The van der Waals surface area contributed by atoms with Crippen LogP contribution in [-0.4, -0.2) is 36.9 Å². The van der Waals surface area contributed by atoms with Gasteiger partial charge in [-0.3, -0.25) is 0 Å². The molecule has 0 unspecified atom stereocenters. The number of anilines is 1. The molecule has 1 saturated heterocycles. The van der Waals surface area contributed by atoms with Crippen molar-refractivity contribution in [1.29, 1.82) is 0 Å². The van der Waals surface area contributed by atoms with Gasteiger partial charge in [-0.05, 0) is 36.8 Å². The number of hydrogen-bond acceptors (Lipinski definition) is 5. The minimum atomic E-state index is -0.761.